The van der Waals surface area contributed by atoms with Crippen molar-refractivity contribution in [1.82, 2.24) is 10.2 Å². The molecule has 1 aromatic carbocycles. The molecule has 0 unspecified atom stereocenters. The van der Waals surface area contributed by atoms with E-state index >= 15 is 0 Å². The number of rotatable bonds is 5. The fraction of sp³-hybridized carbons (Fsp3) is 0.182. The van der Waals surface area contributed by atoms with E-state index < -0.39 is 14.9 Å². The van der Waals surface area contributed by atoms with Gasteiger partial charge in [-0.1, -0.05) is 0 Å². The van der Waals surface area contributed by atoms with Crippen LogP contribution in [-0.2, 0) is 10.0 Å². The number of sulfonamides is 1. The Balaban J connectivity index is 2.45. The summed E-state index contributed by atoms with van der Waals surface area (Å²) in [5.74, 6) is 0.172. The van der Waals surface area contributed by atoms with Crippen LogP contribution in [0.25, 0.3) is 0 Å². The molecule has 1 aromatic heterocycles. The second-order valence-electron chi connectivity index (χ2n) is 4.11. The number of benzene rings is 1. The normalized spacial score (nSPS) is 11.1. The van der Waals surface area contributed by atoms with Crippen LogP contribution in [0.5, 0.6) is 5.75 Å². The number of ether oxygens (including phenoxy) is 1. The Morgan fingerprint density at radius 3 is 2.67 bits per heavy atom. The SMILES string of the molecule is COc1ccc([N+](=O)[O-])cc1NS(=O)(=O)c1cn[nH]c1C. The predicted octanol–water partition coefficient (Wildman–Crippen LogP) is 1.44. The molecule has 0 radical (unpaired) electrons. The molecule has 2 aromatic rings. The Labute approximate surface area is 120 Å². The van der Waals surface area contributed by atoms with Gasteiger partial charge in [0.05, 0.1) is 29.6 Å². The number of aromatic nitrogens is 2. The van der Waals surface area contributed by atoms with Crippen molar-refractivity contribution in [1.29, 1.82) is 0 Å². The number of non-ortho nitro benzene ring substituents is 1. The van der Waals surface area contributed by atoms with Gasteiger partial charge in [-0.2, -0.15) is 5.10 Å². The first kappa shape index (κ1) is 14.8. The van der Waals surface area contributed by atoms with E-state index in [9.17, 15) is 18.5 Å². The molecule has 0 saturated heterocycles. The van der Waals surface area contributed by atoms with Crippen molar-refractivity contribution in [3.8, 4) is 5.75 Å². The number of hydrogen-bond donors (Lipinski definition) is 2. The second kappa shape index (κ2) is 5.40. The van der Waals surface area contributed by atoms with Crippen molar-refractivity contribution >= 4 is 21.4 Å². The molecule has 1 heterocycles. The zero-order valence-electron chi connectivity index (χ0n) is 11.2. The van der Waals surface area contributed by atoms with Crippen molar-refractivity contribution in [3.63, 3.8) is 0 Å². The van der Waals surface area contributed by atoms with Crippen molar-refractivity contribution in [2.45, 2.75) is 11.8 Å². The molecule has 0 saturated carbocycles. The first-order valence-corrected chi connectivity index (χ1v) is 7.18. The van der Waals surface area contributed by atoms with Crippen LogP contribution in [0.2, 0.25) is 0 Å². The summed E-state index contributed by atoms with van der Waals surface area (Å²) in [7, 11) is -2.59. The van der Waals surface area contributed by atoms with Gasteiger partial charge in [0, 0.05) is 12.1 Å². The standard InChI is InChI=1S/C11H12N4O5S/c1-7-11(6-12-13-7)21(18,19)14-9-5-8(15(16)17)3-4-10(9)20-2/h3-6,14H,1-2H3,(H,12,13). The average molecular weight is 312 g/mol. The zero-order chi connectivity index (χ0) is 15.6. The number of hydrogen-bond acceptors (Lipinski definition) is 6. The molecule has 0 spiro atoms. The van der Waals surface area contributed by atoms with Gasteiger partial charge in [0.15, 0.2) is 0 Å². The lowest BCUT2D eigenvalue weighted by Crippen LogP contribution is -2.14. The Morgan fingerprint density at radius 1 is 1.43 bits per heavy atom. The van der Waals surface area contributed by atoms with Gasteiger partial charge in [0.25, 0.3) is 15.7 Å². The highest BCUT2D eigenvalue weighted by atomic mass is 32.2. The van der Waals surface area contributed by atoms with Crippen LogP contribution in [0, 0.1) is 17.0 Å². The van der Waals surface area contributed by atoms with Gasteiger partial charge in [-0.25, -0.2) is 8.42 Å². The second-order valence-corrected chi connectivity index (χ2v) is 5.76. The smallest absolute Gasteiger partial charge is 0.271 e. The first-order chi connectivity index (χ1) is 9.85. The van der Waals surface area contributed by atoms with E-state index in [-0.39, 0.29) is 22.0 Å². The number of nitro benzene ring substituents is 1. The maximum Gasteiger partial charge on any atom is 0.271 e. The Kier molecular flexibility index (Phi) is 3.80. The number of nitrogens with one attached hydrogen (secondary N) is 2. The quantitative estimate of drug-likeness (QED) is 0.635. The fourth-order valence-electron chi connectivity index (χ4n) is 1.70. The van der Waals surface area contributed by atoms with Crippen LogP contribution >= 0.6 is 0 Å². The highest BCUT2D eigenvalue weighted by molar-refractivity contribution is 7.92. The van der Waals surface area contributed by atoms with Gasteiger partial charge in [0.1, 0.15) is 10.6 Å². The molecular weight excluding hydrogens is 300 g/mol. The Hall–Kier alpha value is -2.62. The largest absolute Gasteiger partial charge is 0.495 e. The number of anilines is 1. The molecule has 0 atom stereocenters. The van der Waals surface area contributed by atoms with Gasteiger partial charge in [-0.15, -0.1) is 0 Å². The van der Waals surface area contributed by atoms with Gasteiger partial charge < -0.3 is 4.74 Å². The van der Waals surface area contributed by atoms with E-state index in [4.69, 9.17) is 4.74 Å². The van der Waals surface area contributed by atoms with E-state index in [0.717, 1.165) is 12.3 Å². The van der Waals surface area contributed by atoms with Crippen LogP contribution in [0.15, 0.2) is 29.3 Å². The maximum atomic E-state index is 12.2. The lowest BCUT2D eigenvalue weighted by Gasteiger charge is -2.11. The van der Waals surface area contributed by atoms with Gasteiger partial charge in [0.2, 0.25) is 0 Å². The minimum atomic E-state index is -3.92. The molecular formula is C11H12N4O5S. The Morgan fingerprint density at radius 2 is 2.14 bits per heavy atom. The molecule has 10 heteroatoms. The third kappa shape index (κ3) is 2.94. The number of H-pyrrole nitrogens is 1. The summed E-state index contributed by atoms with van der Waals surface area (Å²) in [6.45, 7) is 1.55. The first-order valence-electron chi connectivity index (χ1n) is 5.70. The number of nitro groups is 1. The molecule has 0 aliphatic carbocycles. The number of nitrogens with zero attached hydrogens (tertiary/aromatic N) is 2. The predicted molar refractivity (Wildman–Crippen MR) is 73.8 cm³/mol. The van der Waals surface area contributed by atoms with Crippen LogP contribution in [-0.4, -0.2) is 30.6 Å². The molecule has 2 rings (SSSR count). The molecule has 0 amide bonds. The van der Waals surface area contributed by atoms with E-state index in [1.807, 2.05) is 0 Å². The topological polar surface area (TPSA) is 127 Å². The summed E-state index contributed by atoms with van der Waals surface area (Å²) in [5, 5.41) is 16.9. The van der Waals surface area contributed by atoms with Gasteiger partial charge in [-0.05, 0) is 13.0 Å². The molecule has 0 aliphatic rings. The maximum absolute atomic E-state index is 12.2. The third-order valence-corrected chi connectivity index (χ3v) is 4.19. The third-order valence-electron chi connectivity index (χ3n) is 2.71. The fourth-order valence-corrected chi connectivity index (χ4v) is 2.90. The van der Waals surface area contributed by atoms with Crippen molar-refractivity contribution < 1.29 is 18.1 Å². The van der Waals surface area contributed by atoms with E-state index in [1.54, 1.807) is 6.92 Å². The van der Waals surface area contributed by atoms with E-state index in [1.165, 1.54) is 19.2 Å². The number of aryl methyl sites for hydroxylation is 1. The number of methoxy groups -OCH3 is 1. The highest BCUT2D eigenvalue weighted by Crippen LogP contribution is 2.31. The molecule has 2 N–H and O–H groups in total. The zero-order valence-corrected chi connectivity index (χ0v) is 12.0. The lowest BCUT2D eigenvalue weighted by atomic mass is 10.2. The molecule has 0 fully saturated rings. The molecule has 0 aliphatic heterocycles. The van der Waals surface area contributed by atoms with Crippen molar-refractivity contribution in [3.05, 3.63) is 40.2 Å². The van der Waals surface area contributed by atoms with Crippen LogP contribution in [0.3, 0.4) is 0 Å². The van der Waals surface area contributed by atoms with Crippen molar-refractivity contribution in [2.24, 2.45) is 0 Å². The van der Waals surface area contributed by atoms with Gasteiger partial charge >= 0.3 is 0 Å². The molecule has 112 valence electrons. The summed E-state index contributed by atoms with van der Waals surface area (Å²) >= 11 is 0. The van der Waals surface area contributed by atoms with Crippen LogP contribution in [0.1, 0.15) is 5.69 Å². The average Bonchev–Trinajstić information content (AvgIpc) is 2.85. The summed E-state index contributed by atoms with van der Waals surface area (Å²) in [4.78, 5) is 10.1. The summed E-state index contributed by atoms with van der Waals surface area (Å²) in [6, 6.07) is 3.63. The van der Waals surface area contributed by atoms with Crippen LogP contribution < -0.4 is 9.46 Å². The van der Waals surface area contributed by atoms with Crippen LogP contribution in [0.4, 0.5) is 11.4 Å². The monoisotopic (exact) mass is 312 g/mol. The summed E-state index contributed by atoms with van der Waals surface area (Å²) in [6.07, 6.45) is 1.15. The molecule has 21 heavy (non-hydrogen) atoms. The van der Waals surface area contributed by atoms with Gasteiger partial charge in [-0.3, -0.25) is 19.9 Å². The summed E-state index contributed by atoms with van der Waals surface area (Å²) < 4.78 is 31.7. The lowest BCUT2D eigenvalue weighted by molar-refractivity contribution is -0.384. The van der Waals surface area contributed by atoms with E-state index in [2.05, 4.69) is 14.9 Å². The molecule has 0 bridgehead atoms. The molecule has 9 nitrogen and oxygen atoms in total. The van der Waals surface area contributed by atoms with Crippen molar-refractivity contribution in [2.75, 3.05) is 11.8 Å². The Bertz CT molecular complexity index is 784. The van der Waals surface area contributed by atoms with E-state index in [0.29, 0.717) is 5.69 Å². The number of aromatic amines is 1. The summed E-state index contributed by atoms with van der Waals surface area (Å²) in [5.41, 5.74) is 0.0802. The minimum Gasteiger partial charge on any atom is -0.495 e. The highest BCUT2D eigenvalue weighted by Gasteiger charge is 2.22. The minimum absolute atomic E-state index is 0.0210.